The van der Waals surface area contributed by atoms with Crippen molar-refractivity contribution in [3.8, 4) is 23.0 Å². The molecule has 14 heteroatoms. The lowest BCUT2D eigenvalue weighted by molar-refractivity contribution is -0.354. The molecule has 224 valence electrons. The topological polar surface area (TPSA) is 225 Å². The highest BCUT2D eigenvalue weighted by Crippen LogP contribution is 2.43. The zero-order valence-electron chi connectivity index (χ0n) is 21.8. The first kappa shape index (κ1) is 29.4. The number of ether oxygens (including phenoxy) is 5. The van der Waals surface area contributed by atoms with Crippen molar-refractivity contribution >= 4 is 5.78 Å². The van der Waals surface area contributed by atoms with Crippen molar-refractivity contribution < 1.29 is 69.3 Å². The number of phenolic OH excluding ortho intramolecular Hbond substituents is 2. The number of hydrogen-bond donors (Lipinski definition) is 8. The number of Topliss-reactive ketones (excluding diaryl/α,β-unsaturated/α-hetero) is 1. The summed E-state index contributed by atoms with van der Waals surface area (Å²) in [6.07, 6.45) is -16.0. The number of aromatic hydroxyl groups is 2. The smallest absolute Gasteiger partial charge is 0.229 e. The third-order valence-corrected chi connectivity index (χ3v) is 7.42. The van der Waals surface area contributed by atoms with E-state index in [-0.39, 0.29) is 29.2 Å². The van der Waals surface area contributed by atoms with E-state index in [1.54, 1.807) is 12.1 Å². The van der Waals surface area contributed by atoms with Gasteiger partial charge in [0.15, 0.2) is 18.2 Å². The summed E-state index contributed by atoms with van der Waals surface area (Å²) in [6, 6.07) is 8.50. The lowest BCUT2D eigenvalue weighted by Crippen LogP contribution is -2.64. The standard InChI is InChI=1S/C27H32O14/c1-10-20(32)22(34)24(36)26(37-10)41-25-23(35)21(33)18(9-28)40-27(25)38-13-6-14(30)19-15(31)8-16(39-17(19)7-13)11-2-4-12(29)5-3-11/h2-7,10,16,18,20-30,32-36H,8-9H2,1H3/t10-,16+,18-,20+,21-,22-,23+,24-,25+,26+,27-/m1/s1. The van der Waals surface area contributed by atoms with Gasteiger partial charge in [-0.15, -0.1) is 0 Å². The fraction of sp³-hybridized carbons (Fsp3) is 0.519. The molecular formula is C27H32O14. The Kier molecular flexibility index (Phi) is 8.39. The molecule has 2 aromatic rings. The highest BCUT2D eigenvalue weighted by molar-refractivity contribution is 6.02. The number of aliphatic hydroxyl groups is 6. The third-order valence-electron chi connectivity index (χ3n) is 7.42. The molecule has 0 saturated carbocycles. The predicted octanol–water partition coefficient (Wildman–Crippen LogP) is -1.17. The van der Waals surface area contributed by atoms with E-state index < -0.39 is 85.7 Å². The zero-order valence-corrected chi connectivity index (χ0v) is 21.8. The molecule has 3 aliphatic rings. The lowest BCUT2D eigenvalue weighted by atomic mass is 9.95. The fourth-order valence-corrected chi connectivity index (χ4v) is 5.07. The molecule has 41 heavy (non-hydrogen) atoms. The maximum atomic E-state index is 12.9. The molecule has 0 aromatic heterocycles. The van der Waals surface area contributed by atoms with Crippen molar-refractivity contribution in [1.29, 1.82) is 0 Å². The number of carbonyl (C=O) groups is 1. The molecule has 3 aliphatic heterocycles. The molecule has 5 rings (SSSR count). The van der Waals surface area contributed by atoms with Gasteiger partial charge in [-0.3, -0.25) is 4.79 Å². The second-order valence-corrected chi connectivity index (χ2v) is 10.2. The largest absolute Gasteiger partial charge is 0.508 e. The summed E-state index contributed by atoms with van der Waals surface area (Å²) < 4.78 is 28.6. The number of carbonyl (C=O) groups excluding carboxylic acids is 1. The van der Waals surface area contributed by atoms with Crippen molar-refractivity contribution in [3.05, 3.63) is 47.5 Å². The number of hydrogen-bond acceptors (Lipinski definition) is 14. The molecule has 0 bridgehead atoms. The Labute approximate surface area is 233 Å². The van der Waals surface area contributed by atoms with Crippen LogP contribution in [0, 0.1) is 0 Å². The molecule has 14 nitrogen and oxygen atoms in total. The molecule has 2 aromatic carbocycles. The molecule has 0 unspecified atom stereocenters. The third kappa shape index (κ3) is 5.70. The minimum absolute atomic E-state index is 0.0149. The summed E-state index contributed by atoms with van der Waals surface area (Å²) >= 11 is 0. The lowest BCUT2D eigenvalue weighted by Gasteiger charge is -2.45. The second-order valence-electron chi connectivity index (χ2n) is 10.2. The van der Waals surface area contributed by atoms with E-state index in [0.29, 0.717) is 5.56 Å². The summed E-state index contributed by atoms with van der Waals surface area (Å²) in [7, 11) is 0. The summed E-state index contributed by atoms with van der Waals surface area (Å²) in [5, 5.41) is 81.6. The van der Waals surface area contributed by atoms with E-state index in [1.807, 2.05) is 0 Å². The van der Waals surface area contributed by atoms with Crippen LogP contribution in [0.3, 0.4) is 0 Å². The highest BCUT2D eigenvalue weighted by atomic mass is 16.8. The Hall–Kier alpha value is -3.05. The van der Waals surface area contributed by atoms with Crippen molar-refractivity contribution in [2.45, 2.75) is 80.9 Å². The van der Waals surface area contributed by atoms with Crippen molar-refractivity contribution in [2.75, 3.05) is 6.61 Å². The molecular weight excluding hydrogens is 548 g/mol. The second kappa shape index (κ2) is 11.7. The van der Waals surface area contributed by atoms with E-state index >= 15 is 0 Å². The average Bonchev–Trinajstić information content (AvgIpc) is 2.94. The Morgan fingerprint density at radius 3 is 2.27 bits per heavy atom. The number of fused-ring (bicyclic) bond motifs is 1. The van der Waals surface area contributed by atoms with E-state index in [0.717, 1.165) is 6.07 Å². The van der Waals surface area contributed by atoms with E-state index in [4.69, 9.17) is 23.7 Å². The van der Waals surface area contributed by atoms with Crippen molar-refractivity contribution in [1.82, 2.24) is 0 Å². The molecule has 0 aliphatic carbocycles. The summed E-state index contributed by atoms with van der Waals surface area (Å²) in [5.41, 5.74) is 0.529. The summed E-state index contributed by atoms with van der Waals surface area (Å²) in [6.45, 7) is 0.716. The van der Waals surface area contributed by atoms with Crippen LogP contribution in [0.25, 0.3) is 0 Å². The molecule has 11 atom stereocenters. The van der Waals surface area contributed by atoms with Gasteiger partial charge in [0.1, 0.15) is 71.3 Å². The van der Waals surface area contributed by atoms with Crippen molar-refractivity contribution in [3.63, 3.8) is 0 Å². The minimum Gasteiger partial charge on any atom is -0.508 e. The van der Waals surface area contributed by atoms with Crippen LogP contribution in [0.15, 0.2) is 36.4 Å². The van der Waals surface area contributed by atoms with Gasteiger partial charge < -0.3 is 64.5 Å². The first-order chi connectivity index (χ1) is 19.5. The Bertz CT molecular complexity index is 1240. The Morgan fingerprint density at radius 2 is 1.59 bits per heavy atom. The van der Waals surface area contributed by atoms with Crippen LogP contribution >= 0.6 is 0 Å². The number of phenols is 2. The number of ketones is 1. The SMILES string of the molecule is C[C@H]1O[C@@H](O[C@@H]2[C@H](Oc3cc(O)c4c(c3)O[C@H](c3ccc(O)cc3)CC4=O)O[C@H](CO)[C@@H](O)[C@@H]2O)[C@H](O)[C@H](O)[C@H]1O. The van der Waals surface area contributed by atoms with Crippen molar-refractivity contribution in [2.24, 2.45) is 0 Å². The van der Waals surface area contributed by atoms with Gasteiger partial charge >= 0.3 is 0 Å². The fourth-order valence-electron chi connectivity index (χ4n) is 5.07. The maximum Gasteiger partial charge on any atom is 0.229 e. The van der Waals surface area contributed by atoms with Crippen LogP contribution < -0.4 is 9.47 Å². The van der Waals surface area contributed by atoms with E-state index in [1.165, 1.54) is 25.1 Å². The first-order valence-corrected chi connectivity index (χ1v) is 13.0. The van der Waals surface area contributed by atoms with Crippen LogP contribution in [0.1, 0.15) is 35.4 Å². The molecule has 2 saturated heterocycles. The van der Waals surface area contributed by atoms with E-state index in [9.17, 15) is 45.6 Å². The van der Waals surface area contributed by atoms with Crippen LogP contribution in [0.5, 0.6) is 23.0 Å². The van der Waals surface area contributed by atoms with Crippen LogP contribution in [-0.4, -0.2) is 115 Å². The number of benzene rings is 2. The van der Waals surface area contributed by atoms with Gasteiger partial charge in [0.25, 0.3) is 0 Å². The van der Waals surface area contributed by atoms with Gasteiger partial charge in [-0.25, -0.2) is 0 Å². The molecule has 2 fully saturated rings. The molecule has 0 amide bonds. The van der Waals surface area contributed by atoms with Gasteiger partial charge in [-0.05, 0) is 24.6 Å². The first-order valence-electron chi connectivity index (χ1n) is 13.0. The van der Waals surface area contributed by atoms with Gasteiger partial charge in [-0.1, -0.05) is 12.1 Å². The normalized spacial score (nSPS) is 37.2. The number of aliphatic hydroxyl groups excluding tert-OH is 6. The maximum absolute atomic E-state index is 12.9. The highest BCUT2D eigenvalue weighted by Gasteiger charge is 2.51. The van der Waals surface area contributed by atoms with E-state index in [2.05, 4.69) is 0 Å². The van der Waals surface area contributed by atoms with Gasteiger partial charge in [0.2, 0.25) is 6.29 Å². The van der Waals surface area contributed by atoms with Crippen LogP contribution in [-0.2, 0) is 14.2 Å². The monoisotopic (exact) mass is 580 g/mol. The molecule has 3 heterocycles. The zero-order chi connectivity index (χ0) is 29.6. The van der Waals surface area contributed by atoms with Gasteiger partial charge in [0.05, 0.1) is 19.1 Å². The Morgan fingerprint density at radius 1 is 0.878 bits per heavy atom. The number of rotatable bonds is 6. The van der Waals surface area contributed by atoms with Crippen LogP contribution in [0.2, 0.25) is 0 Å². The minimum atomic E-state index is -1.75. The molecule has 0 radical (unpaired) electrons. The summed E-state index contributed by atoms with van der Waals surface area (Å²) in [5.74, 6) is -0.947. The predicted molar refractivity (Wildman–Crippen MR) is 134 cm³/mol. The molecule has 0 spiro atoms. The molecule has 8 N–H and O–H groups in total. The average molecular weight is 581 g/mol. The van der Waals surface area contributed by atoms with Gasteiger partial charge in [-0.2, -0.15) is 0 Å². The Balaban J connectivity index is 1.41. The van der Waals surface area contributed by atoms with Crippen LogP contribution in [0.4, 0.5) is 0 Å². The summed E-state index contributed by atoms with van der Waals surface area (Å²) in [4.78, 5) is 12.9. The van der Waals surface area contributed by atoms with Gasteiger partial charge in [0, 0.05) is 12.1 Å². The quantitative estimate of drug-likeness (QED) is 0.202.